The van der Waals surface area contributed by atoms with Gasteiger partial charge in [0.15, 0.2) is 0 Å². The highest BCUT2D eigenvalue weighted by Gasteiger charge is 2.17. The van der Waals surface area contributed by atoms with Gasteiger partial charge in [-0.25, -0.2) is 0 Å². The van der Waals surface area contributed by atoms with Crippen molar-refractivity contribution in [3.8, 4) is 11.5 Å². The molecule has 0 heterocycles. The maximum absolute atomic E-state index is 11.0. The van der Waals surface area contributed by atoms with E-state index in [0.29, 0.717) is 5.75 Å². The molecular weight excluding hydrogens is 212 g/mol. The van der Waals surface area contributed by atoms with Gasteiger partial charge >= 0.3 is 5.97 Å². The maximum Gasteiger partial charge on any atom is 0.308 e. The zero-order valence-electron chi connectivity index (χ0n) is 9.14. The molecule has 0 radical (unpaired) electrons. The minimum atomic E-state index is -1.11. The van der Waals surface area contributed by atoms with Crippen LogP contribution in [-0.4, -0.2) is 30.4 Å². The summed E-state index contributed by atoms with van der Waals surface area (Å²) in [6, 6.07) is 4.43. The van der Waals surface area contributed by atoms with E-state index in [1.165, 1.54) is 26.4 Å². The van der Waals surface area contributed by atoms with Crippen molar-refractivity contribution >= 4 is 5.97 Å². The number of aliphatic hydroxyl groups is 1. The van der Waals surface area contributed by atoms with E-state index in [-0.39, 0.29) is 17.7 Å². The average Bonchev–Trinajstić information content (AvgIpc) is 2.29. The number of hydrogen-bond donors (Lipinski definition) is 2. The number of aliphatic hydroxyl groups excluding tert-OH is 1. The van der Waals surface area contributed by atoms with Crippen LogP contribution in [0.3, 0.4) is 0 Å². The zero-order valence-corrected chi connectivity index (χ0v) is 9.14. The molecule has 16 heavy (non-hydrogen) atoms. The van der Waals surface area contributed by atoms with Crippen LogP contribution in [0.1, 0.15) is 18.1 Å². The van der Waals surface area contributed by atoms with Gasteiger partial charge in [-0.1, -0.05) is 0 Å². The van der Waals surface area contributed by atoms with Crippen LogP contribution in [0, 0.1) is 0 Å². The van der Waals surface area contributed by atoms with Crippen molar-refractivity contribution in [1.29, 1.82) is 0 Å². The molecule has 1 aromatic carbocycles. The Morgan fingerprint density at radius 3 is 2.69 bits per heavy atom. The minimum absolute atomic E-state index is 0.0859. The van der Waals surface area contributed by atoms with Crippen LogP contribution in [0.4, 0.5) is 0 Å². The molecule has 0 aliphatic carbocycles. The van der Waals surface area contributed by atoms with Crippen LogP contribution in [0.2, 0.25) is 0 Å². The Balaban J connectivity index is 2.88. The van der Waals surface area contributed by atoms with E-state index < -0.39 is 12.1 Å². The Hall–Kier alpha value is -1.75. The second kappa shape index (κ2) is 5.37. The topological polar surface area (TPSA) is 76.0 Å². The van der Waals surface area contributed by atoms with E-state index in [0.717, 1.165) is 0 Å². The number of hydrogen-bond acceptors (Lipinski definition) is 5. The molecule has 0 unspecified atom stereocenters. The Morgan fingerprint density at radius 1 is 1.44 bits per heavy atom. The normalized spacial score (nSPS) is 11.9. The third-order valence-electron chi connectivity index (χ3n) is 2.18. The molecule has 0 aliphatic heterocycles. The first-order chi connectivity index (χ1) is 7.58. The first kappa shape index (κ1) is 12.3. The SMILES string of the molecule is COC(=O)C[C@H](O)c1cc(OC)ccc1O. The summed E-state index contributed by atoms with van der Waals surface area (Å²) in [5.74, 6) is -0.136. The van der Waals surface area contributed by atoms with Gasteiger partial charge in [0.25, 0.3) is 0 Å². The number of phenols is 1. The zero-order chi connectivity index (χ0) is 12.1. The third-order valence-corrected chi connectivity index (χ3v) is 2.18. The monoisotopic (exact) mass is 226 g/mol. The standard InChI is InChI=1S/C11H14O5/c1-15-7-3-4-9(12)8(5-7)10(13)6-11(14)16-2/h3-5,10,12-13H,6H2,1-2H3/t10-/m0/s1. The summed E-state index contributed by atoms with van der Waals surface area (Å²) in [5.41, 5.74) is 0.241. The van der Waals surface area contributed by atoms with E-state index in [9.17, 15) is 15.0 Å². The first-order valence-electron chi connectivity index (χ1n) is 4.70. The van der Waals surface area contributed by atoms with Gasteiger partial charge in [0.2, 0.25) is 0 Å². The van der Waals surface area contributed by atoms with Crippen molar-refractivity contribution in [2.24, 2.45) is 0 Å². The maximum atomic E-state index is 11.0. The molecule has 0 fully saturated rings. The number of esters is 1. The van der Waals surface area contributed by atoms with Crippen LogP contribution in [0.15, 0.2) is 18.2 Å². The fourth-order valence-corrected chi connectivity index (χ4v) is 1.28. The highest BCUT2D eigenvalue weighted by atomic mass is 16.5. The fourth-order valence-electron chi connectivity index (χ4n) is 1.28. The van der Waals surface area contributed by atoms with Crippen molar-refractivity contribution in [2.75, 3.05) is 14.2 Å². The molecule has 0 amide bonds. The van der Waals surface area contributed by atoms with E-state index in [1.54, 1.807) is 6.07 Å². The lowest BCUT2D eigenvalue weighted by molar-refractivity contribution is -0.142. The van der Waals surface area contributed by atoms with Gasteiger partial charge in [-0.05, 0) is 18.2 Å². The molecule has 1 aromatic rings. The van der Waals surface area contributed by atoms with Gasteiger partial charge in [0.05, 0.1) is 26.7 Å². The number of methoxy groups -OCH3 is 2. The van der Waals surface area contributed by atoms with Crippen molar-refractivity contribution in [1.82, 2.24) is 0 Å². The van der Waals surface area contributed by atoms with Gasteiger partial charge in [-0.2, -0.15) is 0 Å². The van der Waals surface area contributed by atoms with Gasteiger partial charge in [0, 0.05) is 5.56 Å². The summed E-state index contributed by atoms with van der Waals surface area (Å²) in [5, 5.41) is 19.2. The molecule has 0 saturated carbocycles. The summed E-state index contributed by atoms with van der Waals surface area (Å²) in [4.78, 5) is 11.0. The second-order valence-corrected chi connectivity index (χ2v) is 3.22. The highest BCUT2D eigenvalue weighted by molar-refractivity contribution is 5.70. The van der Waals surface area contributed by atoms with Gasteiger partial charge in [-0.3, -0.25) is 4.79 Å². The molecule has 0 aliphatic rings. The molecule has 0 spiro atoms. The van der Waals surface area contributed by atoms with Crippen LogP contribution in [-0.2, 0) is 9.53 Å². The Morgan fingerprint density at radius 2 is 2.12 bits per heavy atom. The Labute approximate surface area is 93.2 Å². The average molecular weight is 226 g/mol. The molecule has 1 rings (SSSR count). The van der Waals surface area contributed by atoms with Crippen LogP contribution in [0.5, 0.6) is 11.5 Å². The predicted molar refractivity (Wildman–Crippen MR) is 56.3 cm³/mol. The quantitative estimate of drug-likeness (QED) is 0.749. The minimum Gasteiger partial charge on any atom is -0.508 e. The Bertz CT molecular complexity index is 375. The lowest BCUT2D eigenvalue weighted by Gasteiger charge is -2.12. The second-order valence-electron chi connectivity index (χ2n) is 3.22. The number of ether oxygens (including phenoxy) is 2. The lowest BCUT2D eigenvalue weighted by Crippen LogP contribution is -2.08. The van der Waals surface area contributed by atoms with Crippen molar-refractivity contribution < 1.29 is 24.5 Å². The highest BCUT2D eigenvalue weighted by Crippen LogP contribution is 2.30. The van der Waals surface area contributed by atoms with E-state index >= 15 is 0 Å². The Kier molecular flexibility index (Phi) is 4.13. The summed E-state index contributed by atoms with van der Waals surface area (Å²) in [6.45, 7) is 0. The molecule has 1 atom stereocenters. The molecule has 5 heteroatoms. The van der Waals surface area contributed by atoms with Gasteiger partial charge in [-0.15, -0.1) is 0 Å². The molecule has 2 N–H and O–H groups in total. The van der Waals surface area contributed by atoms with Crippen molar-refractivity contribution in [3.05, 3.63) is 23.8 Å². The van der Waals surface area contributed by atoms with Crippen molar-refractivity contribution in [2.45, 2.75) is 12.5 Å². The molecule has 5 nitrogen and oxygen atoms in total. The molecular formula is C11H14O5. The van der Waals surface area contributed by atoms with Crippen molar-refractivity contribution in [3.63, 3.8) is 0 Å². The largest absolute Gasteiger partial charge is 0.508 e. The number of carbonyl (C=O) groups is 1. The molecule has 88 valence electrons. The molecule has 0 saturated heterocycles. The summed E-state index contributed by atoms with van der Waals surface area (Å²) in [6.07, 6.45) is -1.32. The van der Waals surface area contributed by atoms with E-state index in [1.807, 2.05) is 0 Å². The number of aromatic hydroxyl groups is 1. The van der Waals surface area contributed by atoms with Crippen LogP contribution in [0.25, 0.3) is 0 Å². The fraction of sp³-hybridized carbons (Fsp3) is 0.364. The number of benzene rings is 1. The van der Waals surface area contributed by atoms with Crippen LogP contribution < -0.4 is 4.74 Å². The van der Waals surface area contributed by atoms with Gasteiger partial charge in [0.1, 0.15) is 11.5 Å². The summed E-state index contributed by atoms with van der Waals surface area (Å²) in [7, 11) is 2.71. The van der Waals surface area contributed by atoms with Crippen LogP contribution >= 0.6 is 0 Å². The first-order valence-corrected chi connectivity index (χ1v) is 4.70. The predicted octanol–water partition coefficient (Wildman–Crippen LogP) is 0.997. The number of phenolic OH excluding ortho intramolecular Hbond substituents is 1. The smallest absolute Gasteiger partial charge is 0.308 e. The molecule has 0 aromatic heterocycles. The summed E-state index contributed by atoms with van der Waals surface area (Å²) < 4.78 is 9.38. The van der Waals surface area contributed by atoms with Gasteiger partial charge < -0.3 is 19.7 Å². The number of carbonyl (C=O) groups excluding carboxylic acids is 1. The molecule has 0 bridgehead atoms. The number of rotatable bonds is 4. The van der Waals surface area contributed by atoms with E-state index in [2.05, 4.69) is 4.74 Å². The lowest BCUT2D eigenvalue weighted by atomic mass is 10.1. The summed E-state index contributed by atoms with van der Waals surface area (Å²) >= 11 is 0. The third kappa shape index (κ3) is 2.87. The van der Waals surface area contributed by atoms with E-state index in [4.69, 9.17) is 4.74 Å².